The van der Waals surface area contributed by atoms with Gasteiger partial charge in [0.2, 0.25) is 0 Å². The maximum absolute atomic E-state index is 14.0. The predicted octanol–water partition coefficient (Wildman–Crippen LogP) is 5.55. The Labute approximate surface area is 264 Å². The van der Waals surface area contributed by atoms with Crippen molar-refractivity contribution in [3.63, 3.8) is 0 Å². The van der Waals surface area contributed by atoms with E-state index < -0.39 is 12.0 Å². The average Bonchev–Trinajstić information content (AvgIpc) is 3.36. The molecule has 0 saturated heterocycles. The zero-order valence-electron chi connectivity index (χ0n) is 25.4. The number of carbonyl (C=O) groups excluding carboxylic acids is 1. The molecule has 5 aromatic rings. The third-order valence-electron chi connectivity index (χ3n) is 7.69. The first-order chi connectivity index (χ1) is 21.9. The molecule has 1 aliphatic rings. The minimum Gasteiger partial charge on any atom is -0.493 e. The SMILES string of the molecule is CCOC(=O)C1=C(C)N=c2sc(=Cc3ccc(OCc4cccc5ccccc45)cc3)c(=O)n2C1c1ccc(OC)c(OC)c1. The van der Waals surface area contributed by atoms with E-state index in [1.165, 1.54) is 22.1 Å². The van der Waals surface area contributed by atoms with Crippen molar-refractivity contribution in [3.8, 4) is 17.2 Å². The van der Waals surface area contributed by atoms with Gasteiger partial charge in [0.25, 0.3) is 5.56 Å². The van der Waals surface area contributed by atoms with Gasteiger partial charge in [-0.05, 0) is 71.7 Å². The second-order valence-electron chi connectivity index (χ2n) is 10.4. The van der Waals surface area contributed by atoms with Crippen LogP contribution in [0.5, 0.6) is 17.2 Å². The summed E-state index contributed by atoms with van der Waals surface area (Å²) in [6.07, 6.45) is 1.83. The highest BCUT2D eigenvalue weighted by Crippen LogP contribution is 2.36. The highest BCUT2D eigenvalue weighted by Gasteiger charge is 2.34. The van der Waals surface area contributed by atoms with Crippen LogP contribution in [0, 0.1) is 0 Å². The Balaban J connectivity index is 1.34. The van der Waals surface area contributed by atoms with Crippen LogP contribution in [-0.2, 0) is 16.1 Å². The summed E-state index contributed by atoms with van der Waals surface area (Å²) in [5.41, 5.74) is 3.15. The van der Waals surface area contributed by atoms with Gasteiger partial charge in [-0.3, -0.25) is 9.36 Å². The summed E-state index contributed by atoms with van der Waals surface area (Å²) >= 11 is 1.27. The van der Waals surface area contributed by atoms with Crippen molar-refractivity contribution in [2.75, 3.05) is 20.8 Å². The molecule has 45 heavy (non-hydrogen) atoms. The third kappa shape index (κ3) is 5.86. The number of esters is 1. The van der Waals surface area contributed by atoms with Crippen molar-refractivity contribution in [3.05, 3.63) is 133 Å². The Kier molecular flexibility index (Phi) is 8.53. The van der Waals surface area contributed by atoms with Crippen molar-refractivity contribution in [1.29, 1.82) is 0 Å². The summed E-state index contributed by atoms with van der Waals surface area (Å²) in [5, 5.41) is 2.34. The zero-order valence-corrected chi connectivity index (χ0v) is 26.2. The highest BCUT2D eigenvalue weighted by atomic mass is 32.1. The second-order valence-corrected chi connectivity index (χ2v) is 11.4. The van der Waals surface area contributed by atoms with Crippen molar-refractivity contribution in [1.82, 2.24) is 4.57 Å². The molecule has 0 N–H and O–H groups in total. The molecule has 2 heterocycles. The molecule has 0 radical (unpaired) electrons. The number of methoxy groups -OCH3 is 2. The summed E-state index contributed by atoms with van der Waals surface area (Å²) in [7, 11) is 3.10. The Morgan fingerprint density at radius 2 is 1.71 bits per heavy atom. The molecule has 1 aliphatic heterocycles. The Morgan fingerprint density at radius 1 is 0.956 bits per heavy atom. The summed E-state index contributed by atoms with van der Waals surface area (Å²) < 4.78 is 24.5. The molecule has 1 aromatic heterocycles. The van der Waals surface area contributed by atoms with Crippen molar-refractivity contribution in [2.45, 2.75) is 26.5 Å². The molecule has 0 spiro atoms. The van der Waals surface area contributed by atoms with E-state index in [4.69, 9.17) is 18.9 Å². The molecule has 0 aliphatic carbocycles. The quantitative estimate of drug-likeness (QED) is 0.201. The van der Waals surface area contributed by atoms with Crippen molar-refractivity contribution < 1.29 is 23.7 Å². The van der Waals surface area contributed by atoms with Gasteiger partial charge in [0.05, 0.1) is 42.7 Å². The Hall–Kier alpha value is -5.15. The number of fused-ring (bicyclic) bond motifs is 2. The lowest BCUT2D eigenvalue weighted by Gasteiger charge is -2.25. The number of ether oxygens (including phenoxy) is 4. The lowest BCUT2D eigenvalue weighted by Crippen LogP contribution is -2.39. The topological polar surface area (TPSA) is 88.4 Å². The Morgan fingerprint density at radius 3 is 2.47 bits per heavy atom. The van der Waals surface area contributed by atoms with Crippen LogP contribution >= 0.6 is 11.3 Å². The number of thiazole rings is 1. The summed E-state index contributed by atoms with van der Waals surface area (Å²) in [6, 6.07) is 26.6. The number of rotatable bonds is 9. The van der Waals surface area contributed by atoms with Gasteiger partial charge in [-0.25, -0.2) is 9.79 Å². The van der Waals surface area contributed by atoms with E-state index in [-0.39, 0.29) is 12.2 Å². The summed E-state index contributed by atoms with van der Waals surface area (Å²) in [5.74, 6) is 1.23. The average molecular weight is 621 g/mol. The smallest absolute Gasteiger partial charge is 0.338 e. The maximum atomic E-state index is 14.0. The summed E-state index contributed by atoms with van der Waals surface area (Å²) in [6.45, 7) is 4.14. The highest BCUT2D eigenvalue weighted by molar-refractivity contribution is 7.07. The molecule has 0 amide bonds. The number of hydrogen-bond acceptors (Lipinski definition) is 8. The van der Waals surface area contributed by atoms with Gasteiger partial charge >= 0.3 is 5.97 Å². The second kappa shape index (κ2) is 12.8. The maximum Gasteiger partial charge on any atom is 0.338 e. The van der Waals surface area contributed by atoms with Gasteiger partial charge in [-0.1, -0.05) is 72.0 Å². The van der Waals surface area contributed by atoms with E-state index in [2.05, 4.69) is 29.3 Å². The molecule has 0 fully saturated rings. The minimum atomic E-state index is -0.757. The van der Waals surface area contributed by atoms with Crippen LogP contribution in [0.4, 0.5) is 0 Å². The van der Waals surface area contributed by atoms with Crippen LogP contribution in [0.15, 0.2) is 106 Å². The lowest BCUT2D eigenvalue weighted by atomic mass is 9.95. The van der Waals surface area contributed by atoms with Gasteiger partial charge in [-0.15, -0.1) is 0 Å². The first-order valence-electron chi connectivity index (χ1n) is 14.5. The van der Waals surface area contributed by atoms with Crippen LogP contribution in [0.2, 0.25) is 0 Å². The van der Waals surface area contributed by atoms with E-state index in [1.54, 1.807) is 44.8 Å². The molecule has 1 unspecified atom stereocenters. The molecule has 228 valence electrons. The number of allylic oxidation sites excluding steroid dienone is 1. The van der Waals surface area contributed by atoms with Crippen LogP contribution in [-0.4, -0.2) is 31.4 Å². The fourth-order valence-electron chi connectivity index (χ4n) is 5.52. The third-order valence-corrected chi connectivity index (χ3v) is 8.68. The molecule has 9 heteroatoms. The molecular weight excluding hydrogens is 588 g/mol. The van der Waals surface area contributed by atoms with E-state index in [1.807, 2.05) is 54.6 Å². The Bertz CT molecular complexity index is 2110. The van der Waals surface area contributed by atoms with Crippen molar-refractivity contribution >= 4 is 34.2 Å². The number of hydrogen-bond donors (Lipinski definition) is 0. The van der Waals surface area contributed by atoms with Crippen molar-refractivity contribution in [2.24, 2.45) is 4.99 Å². The van der Waals surface area contributed by atoms with E-state index in [0.717, 1.165) is 16.9 Å². The number of carbonyl (C=O) groups is 1. The van der Waals surface area contributed by atoms with Crippen LogP contribution < -0.4 is 29.1 Å². The molecule has 0 saturated carbocycles. The monoisotopic (exact) mass is 620 g/mol. The zero-order chi connectivity index (χ0) is 31.5. The molecule has 0 bridgehead atoms. The normalized spacial score (nSPS) is 14.6. The standard InChI is InChI=1S/C36H32N2O6S/c1-5-43-35(40)32-22(2)37-36-38(33(32)25-15-18-29(41-3)30(20-25)42-4)34(39)31(45-36)19-23-13-16-27(17-14-23)44-21-26-11-8-10-24-9-6-7-12-28(24)26/h6-20,33H,5,21H2,1-4H3. The van der Waals surface area contributed by atoms with Gasteiger partial charge in [0.15, 0.2) is 16.3 Å². The van der Waals surface area contributed by atoms with Crippen LogP contribution in [0.3, 0.4) is 0 Å². The van der Waals surface area contributed by atoms with Gasteiger partial charge < -0.3 is 18.9 Å². The largest absolute Gasteiger partial charge is 0.493 e. The fraction of sp³-hybridized carbons (Fsp3) is 0.194. The summed E-state index contributed by atoms with van der Waals surface area (Å²) in [4.78, 5) is 32.3. The van der Waals surface area contributed by atoms with E-state index in [0.29, 0.717) is 44.3 Å². The van der Waals surface area contributed by atoms with E-state index in [9.17, 15) is 9.59 Å². The number of nitrogens with zero attached hydrogens (tertiary/aromatic N) is 2. The number of aromatic nitrogens is 1. The molecule has 1 atom stereocenters. The lowest BCUT2D eigenvalue weighted by molar-refractivity contribution is -0.139. The molecular formula is C36H32N2O6S. The fourth-order valence-corrected chi connectivity index (χ4v) is 6.57. The first-order valence-corrected chi connectivity index (χ1v) is 15.3. The molecule has 8 nitrogen and oxygen atoms in total. The van der Waals surface area contributed by atoms with Gasteiger partial charge in [0, 0.05) is 0 Å². The molecule has 4 aromatic carbocycles. The predicted molar refractivity (Wildman–Crippen MR) is 175 cm³/mol. The molecule has 6 rings (SSSR count). The van der Waals surface area contributed by atoms with Crippen LogP contribution in [0.25, 0.3) is 16.8 Å². The first kappa shape index (κ1) is 29.9. The number of benzene rings is 4. The van der Waals surface area contributed by atoms with Gasteiger partial charge in [-0.2, -0.15) is 0 Å². The van der Waals surface area contributed by atoms with E-state index >= 15 is 0 Å². The van der Waals surface area contributed by atoms with Crippen LogP contribution in [0.1, 0.15) is 36.6 Å². The van der Waals surface area contributed by atoms with Gasteiger partial charge in [0.1, 0.15) is 12.4 Å². The minimum absolute atomic E-state index is 0.195.